The molecule has 3 unspecified atom stereocenters. The van der Waals surface area contributed by atoms with E-state index in [9.17, 15) is 8.78 Å². The average Bonchev–Trinajstić information content (AvgIpc) is 2.62. The molecule has 0 amide bonds. The zero-order valence-electron chi connectivity index (χ0n) is 8.55. The maximum absolute atomic E-state index is 12.3. The number of alkyl halides is 2. The minimum atomic E-state index is -2.18. The monoisotopic (exact) mass is 204 g/mol. The van der Waals surface area contributed by atoms with Crippen molar-refractivity contribution in [3.05, 3.63) is 0 Å². The molecule has 2 rings (SSSR count). The molecule has 2 aliphatic heterocycles. The Hall–Kier alpha value is -0.220. The number of hydrogen-bond donors (Lipinski definition) is 1. The van der Waals surface area contributed by atoms with Crippen molar-refractivity contribution in [2.45, 2.75) is 25.8 Å². The van der Waals surface area contributed by atoms with Gasteiger partial charge in [-0.2, -0.15) is 0 Å². The summed E-state index contributed by atoms with van der Waals surface area (Å²) >= 11 is 0. The number of fused-ring (bicyclic) bond motifs is 1. The molecule has 2 heterocycles. The second-order valence-electron chi connectivity index (χ2n) is 4.40. The summed E-state index contributed by atoms with van der Waals surface area (Å²) in [5.41, 5.74) is 0. The number of hydrogen-bond acceptors (Lipinski definition) is 2. The first-order valence-electron chi connectivity index (χ1n) is 5.45. The van der Waals surface area contributed by atoms with Crippen molar-refractivity contribution in [2.24, 2.45) is 11.8 Å². The first kappa shape index (κ1) is 10.3. The molecule has 2 saturated heterocycles. The summed E-state index contributed by atoms with van der Waals surface area (Å²) < 4.78 is 24.6. The lowest BCUT2D eigenvalue weighted by Crippen LogP contribution is -2.38. The van der Waals surface area contributed by atoms with Gasteiger partial charge >= 0.3 is 0 Å². The molecule has 0 saturated carbocycles. The van der Waals surface area contributed by atoms with Crippen molar-refractivity contribution < 1.29 is 8.78 Å². The van der Waals surface area contributed by atoms with Gasteiger partial charge in [0.1, 0.15) is 0 Å². The molecule has 0 spiro atoms. The Morgan fingerprint density at radius 2 is 2.21 bits per heavy atom. The average molecular weight is 204 g/mol. The molecule has 14 heavy (non-hydrogen) atoms. The van der Waals surface area contributed by atoms with Crippen LogP contribution in [0.4, 0.5) is 8.78 Å². The Kier molecular flexibility index (Phi) is 3.02. The van der Waals surface area contributed by atoms with Crippen molar-refractivity contribution in [3.63, 3.8) is 0 Å². The maximum Gasteiger partial charge on any atom is 0.251 e. The smallest absolute Gasteiger partial charge is 0.251 e. The molecule has 0 radical (unpaired) electrons. The summed E-state index contributed by atoms with van der Waals surface area (Å²) in [7, 11) is 0. The van der Waals surface area contributed by atoms with Crippen LogP contribution in [-0.2, 0) is 0 Å². The third-order valence-corrected chi connectivity index (χ3v) is 3.62. The molecular formula is C10H18F2N2. The molecule has 2 fully saturated rings. The zero-order chi connectivity index (χ0) is 10.1. The molecule has 0 aromatic carbocycles. The molecule has 82 valence electrons. The molecule has 0 aliphatic carbocycles. The first-order valence-corrected chi connectivity index (χ1v) is 5.45. The SMILES string of the molecule is CCC1C2CNCC2CN1CC(F)F. The number of nitrogens with zero attached hydrogens (tertiary/aromatic N) is 1. The van der Waals surface area contributed by atoms with Crippen molar-refractivity contribution in [2.75, 3.05) is 26.2 Å². The molecule has 4 heteroatoms. The van der Waals surface area contributed by atoms with Crippen LogP contribution in [0.3, 0.4) is 0 Å². The predicted octanol–water partition coefficient (Wildman–Crippen LogP) is 1.18. The van der Waals surface area contributed by atoms with E-state index in [-0.39, 0.29) is 6.54 Å². The second kappa shape index (κ2) is 4.11. The lowest BCUT2D eigenvalue weighted by Gasteiger charge is -2.26. The van der Waals surface area contributed by atoms with Crippen LogP contribution >= 0.6 is 0 Å². The van der Waals surface area contributed by atoms with E-state index in [1.807, 2.05) is 4.90 Å². The summed E-state index contributed by atoms with van der Waals surface area (Å²) in [5, 5.41) is 3.35. The van der Waals surface area contributed by atoms with Crippen LogP contribution in [0.15, 0.2) is 0 Å². The number of nitrogens with one attached hydrogen (secondary N) is 1. The van der Waals surface area contributed by atoms with Gasteiger partial charge in [0.05, 0.1) is 6.54 Å². The van der Waals surface area contributed by atoms with Gasteiger partial charge in [0.15, 0.2) is 0 Å². The van der Waals surface area contributed by atoms with E-state index in [1.165, 1.54) is 0 Å². The lowest BCUT2D eigenvalue weighted by atomic mass is 9.93. The van der Waals surface area contributed by atoms with Crippen molar-refractivity contribution in [1.82, 2.24) is 10.2 Å². The van der Waals surface area contributed by atoms with Crippen LogP contribution in [0.25, 0.3) is 0 Å². The normalized spacial score (nSPS) is 38.1. The highest BCUT2D eigenvalue weighted by Crippen LogP contribution is 2.34. The molecule has 3 atom stereocenters. The predicted molar refractivity (Wildman–Crippen MR) is 51.5 cm³/mol. The number of rotatable bonds is 3. The van der Waals surface area contributed by atoms with Gasteiger partial charge in [-0.3, -0.25) is 4.90 Å². The van der Waals surface area contributed by atoms with E-state index >= 15 is 0 Å². The fourth-order valence-electron chi connectivity index (χ4n) is 3.06. The van der Waals surface area contributed by atoms with E-state index in [2.05, 4.69) is 12.2 Å². The first-order chi connectivity index (χ1) is 6.72. The van der Waals surface area contributed by atoms with Gasteiger partial charge < -0.3 is 5.32 Å². The number of halogens is 2. The van der Waals surface area contributed by atoms with Gasteiger partial charge in [0, 0.05) is 12.6 Å². The van der Waals surface area contributed by atoms with E-state index in [4.69, 9.17) is 0 Å². The van der Waals surface area contributed by atoms with Gasteiger partial charge in [0.2, 0.25) is 0 Å². The summed E-state index contributed by atoms with van der Waals surface area (Å²) in [6, 6.07) is 0.379. The lowest BCUT2D eigenvalue weighted by molar-refractivity contribution is 0.0751. The molecule has 0 aromatic rings. The Labute approximate surface area is 83.7 Å². The summed E-state index contributed by atoms with van der Waals surface area (Å²) in [6.07, 6.45) is -1.19. The Morgan fingerprint density at radius 1 is 1.43 bits per heavy atom. The zero-order valence-corrected chi connectivity index (χ0v) is 8.55. The van der Waals surface area contributed by atoms with Gasteiger partial charge in [-0.1, -0.05) is 6.92 Å². The van der Waals surface area contributed by atoms with Crippen molar-refractivity contribution >= 4 is 0 Å². The highest BCUT2D eigenvalue weighted by atomic mass is 19.3. The summed E-state index contributed by atoms with van der Waals surface area (Å²) in [4.78, 5) is 1.99. The van der Waals surface area contributed by atoms with Gasteiger partial charge in [-0.05, 0) is 31.3 Å². The van der Waals surface area contributed by atoms with Crippen LogP contribution in [0.1, 0.15) is 13.3 Å². The summed E-state index contributed by atoms with van der Waals surface area (Å²) in [6.45, 7) is 4.96. The van der Waals surface area contributed by atoms with E-state index in [0.29, 0.717) is 17.9 Å². The Bertz CT molecular complexity index is 199. The van der Waals surface area contributed by atoms with Crippen LogP contribution in [0.2, 0.25) is 0 Å². The number of likely N-dealkylation sites (tertiary alicyclic amines) is 1. The molecule has 0 bridgehead atoms. The van der Waals surface area contributed by atoms with Crippen molar-refractivity contribution in [3.8, 4) is 0 Å². The third kappa shape index (κ3) is 1.77. The van der Waals surface area contributed by atoms with E-state index in [0.717, 1.165) is 26.1 Å². The van der Waals surface area contributed by atoms with Crippen LogP contribution < -0.4 is 5.32 Å². The van der Waals surface area contributed by atoms with Crippen LogP contribution in [0, 0.1) is 11.8 Å². The minimum absolute atomic E-state index is 0.0362. The van der Waals surface area contributed by atoms with Gasteiger partial charge in [-0.25, -0.2) is 8.78 Å². The molecule has 1 N–H and O–H groups in total. The summed E-state index contributed by atoms with van der Waals surface area (Å²) in [5.74, 6) is 1.22. The van der Waals surface area contributed by atoms with E-state index < -0.39 is 6.43 Å². The third-order valence-electron chi connectivity index (χ3n) is 3.62. The quantitative estimate of drug-likeness (QED) is 0.742. The Morgan fingerprint density at radius 3 is 2.86 bits per heavy atom. The van der Waals surface area contributed by atoms with Gasteiger partial charge in [-0.15, -0.1) is 0 Å². The highest BCUT2D eigenvalue weighted by Gasteiger charge is 2.43. The fraction of sp³-hybridized carbons (Fsp3) is 1.00. The van der Waals surface area contributed by atoms with Crippen LogP contribution in [-0.4, -0.2) is 43.5 Å². The second-order valence-corrected chi connectivity index (χ2v) is 4.40. The maximum atomic E-state index is 12.3. The minimum Gasteiger partial charge on any atom is -0.316 e. The molecular weight excluding hydrogens is 186 g/mol. The van der Waals surface area contributed by atoms with Crippen LogP contribution in [0.5, 0.6) is 0 Å². The molecule has 0 aromatic heterocycles. The fourth-order valence-corrected chi connectivity index (χ4v) is 3.06. The molecule has 2 aliphatic rings. The molecule has 2 nitrogen and oxygen atoms in total. The van der Waals surface area contributed by atoms with Crippen molar-refractivity contribution in [1.29, 1.82) is 0 Å². The largest absolute Gasteiger partial charge is 0.316 e. The topological polar surface area (TPSA) is 15.3 Å². The highest BCUT2D eigenvalue weighted by molar-refractivity contribution is 4.97. The standard InChI is InChI=1S/C10H18F2N2/c1-2-9-8-4-13-3-7(8)5-14(9)6-10(11)12/h7-10,13H,2-6H2,1H3. The Balaban J connectivity index is 1.98. The van der Waals surface area contributed by atoms with Gasteiger partial charge in [0.25, 0.3) is 6.43 Å². The van der Waals surface area contributed by atoms with E-state index in [1.54, 1.807) is 0 Å².